The highest BCUT2D eigenvalue weighted by atomic mass is 16.6. The largest absolute Gasteiger partial charge is 0.476 e. The highest BCUT2D eigenvalue weighted by molar-refractivity contribution is 6.32. The van der Waals surface area contributed by atoms with Gasteiger partial charge >= 0.3 is 24.4 Å². The lowest BCUT2D eigenvalue weighted by Gasteiger charge is -2.19. The Labute approximate surface area is 301 Å². The lowest BCUT2D eigenvalue weighted by atomic mass is 10.1. The van der Waals surface area contributed by atoms with E-state index >= 15 is 0 Å². The molecule has 0 atom stereocenters. The van der Waals surface area contributed by atoms with E-state index in [1.54, 1.807) is 25.2 Å². The molecule has 0 bridgehead atoms. The highest BCUT2D eigenvalue weighted by Crippen LogP contribution is 2.18. The average Bonchev–Trinajstić information content (AvgIpc) is 3.55. The van der Waals surface area contributed by atoms with E-state index in [2.05, 4.69) is 27.1 Å². The molecule has 0 saturated carbocycles. The minimum atomic E-state index is -1.07. The molecule has 15 nitrogen and oxygen atoms in total. The van der Waals surface area contributed by atoms with Gasteiger partial charge in [0.2, 0.25) is 0 Å². The second kappa shape index (κ2) is 16.8. The minimum Gasteiger partial charge on any atom is -0.476 e. The van der Waals surface area contributed by atoms with Crippen molar-refractivity contribution in [2.75, 3.05) is 13.1 Å². The topological polar surface area (TPSA) is 185 Å². The molecule has 2 amide bonds. The summed E-state index contributed by atoms with van der Waals surface area (Å²) in [5.41, 5.74) is 16.6. The van der Waals surface area contributed by atoms with Crippen LogP contribution in [-0.2, 0) is 48.9 Å². The number of nitrogens with zero attached hydrogens (tertiary/aromatic N) is 8. The quantitative estimate of drug-likeness (QED) is 0.116. The number of aryl methyl sites for hydroxylation is 6. The number of carbonyl (C=O) groups excluding carboxylic acids is 3. The molecule has 0 aliphatic carbocycles. The number of hydrogen-bond acceptors (Lipinski definition) is 8. The van der Waals surface area contributed by atoms with Gasteiger partial charge in [-0.25, -0.2) is 14.4 Å². The first-order valence-corrected chi connectivity index (χ1v) is 16.9. The Balaban J connectivity index is 0.000000202. The first-order valence-electron chi connectivity index (χ1n) is 16.9. The van der Waals surface area contributed by atoms with E-state index in [4.69, 9.17) is 20.1 Å². The Kier molecular flexibility index (Phi) is 12.0. The first kappa shape index (κ1) is 37.2. The van der Waals surface area contributed by atoms with Crippen LogP contribution in [-0.4, -0.2) is 82.5 Å². The molecule has 272 valence electrons. The molecule has 2 aliphatic heterocycles. The van der Waals surface area contributed by atoms with E-state index < -0.39 is 23.9 Å². The number of aromatic nitrogens is 4. The van der Waals surface area contributed by atoms with Gasteiger partial charge in [0.1, 0.15) is 18.9 Å². The van der Waals surface area contributed by atoms with Crippen LogP contribution in [0.3, 0.4) is 0 Å². The van der Waals surface area contributed by atoms with E-state index in [-0.39, 0.29) is 24.6 Å². The first-order chi connectivity index (χ1) is 24.9. The molecule has 0 radical (unpaired) electrons. The number of ether oxygens (including phenoxy) is 2. The van der Waals surface area contributed by atoms with Gasteiger partial charge in [-0.1, -0.05) is 58.7 Å². The van der Waals surface area contributed by atoms with Crippen LogP contribution in [0.2, 0.25) is 0 Å². The molecular weight excluding hydrogens is 668 g/mol. The molecule has 0 spiro atoms. The molecule has 4 aromatic rings. The summed E-state index contributed by atoms with van der Waals surface area (Å²) in [5, 5.41) is 17.3. The Morgan fingerprint density at radius 2 is 1.12 bits per heavy atom. The summed E-state index contributed by atoms with van der Waals surface area (Å²) in [4.78, 5) is 53.7. The van der Waals surface area contributed by atoms with Crippen molar-refractivity contribution in [3.05, 3.63) is 110 Å². The number of carbonyl (C=O) groups is 4. The van der Waals surface area contributed by atoms with Crippen molar-refractivity contribution in [2.45, 2.75) is 79.9 Å². The van der Waals surface area contributed by atoms with E-state index in [0.717, 1.165) is 45.3 Å². The Bertz CT molecular complexity index is 1990. The Morgan fingerprint density at radius 3 is 1.54 bits per heavy atom. The zero-order valence-electron chi connectivity index (χ0n) is 29.7. The van der Waals surface area contributed by atoms with Gasteiger partial charge < -0.3 is 29.9 Å². The number of ketones is 1. The summed E-state index contributed by atoms with van der Waals surface area (Å²) in [5.74, 6) is -1.55. The lowest BCUT2D eigenvalue weighted by molar-refractivity contribution is 0.00228. The minimum absolute atomic E-state index is 0.000420. The number of Topliss-reactive ketones (excluding diaryl/α,β-unsaturated/α-hetero) is 1. The third kappa shape index (κ3) is 9.79. The highest BCUT2D eigenvalue weighted by Gasteiger charge is 2.25. The third-order valence-electron chi connectivity index (χ3n) is 8.48. The second-order valence-electron chi connectivity index (χ2n) is 13.1. The molecule has 6 rings (SSSR count). The summed E-state index contributed by atoms with van der Waals surface area (Å²) in [6.45, 7) is 11.4. The molecule has 1 N–H and O–H groups in total. The van der Waals surface area contributed by atoms with E-state index in [0.29, 0.717) is 57.8 Å². The van der Waals surface area contributed by atoms with Crippen LogP contribution < -0.4 is 0 Å². The molecule has 15 heteroatoms. The zero-order chi connectivity index (χ0) is 37.4. The van der Waals surface area contributed by atoms with Gasteiger partial charge in [-0.15, -0.1) is 0 Å². The Hall–Kier alpha value is -6.08. The smallest absolute Gasteiger partial charge is 0.410 e. The summed E-state index contributed by atoms with van der Waals surface area (Å²) in [7, 11) is 0. The fourth-order valence-electron chi connectivity index (χ4n) is 6.36. The number of aromatic carboxylic acids is 1. The number of carboxylic acids is 1. The average molecular weight is 711 g/mol. The summed E-state index contributed by atoms with van der Waals surface area (Å²) < 4.78 is 14.3. The fraction of sp³-hybridized carbons (Fsp3) is 0.378. The van der Waals surface area contributed by atoms with Crippen LogP contribution >= 0.6 is 0 Å². The number of carboxylic acid groups (broad SMARTS) is 1. The van der Waals surface area contributed by atoms with Gasteiger partial charge in [0.05, 0.1) is 24.5 Å². The maximum Gasteiger partial charge on any atom is 0.410 e. The van der Waals surface area contributed by atoms with Crippen LogP contribution in [0.1, 0.15) is 78.6 Å². The molecular formula is C37H42N8O7. The predicted octanol–water partition coefficient (Wildman–Crippen LogP) is 5.27. The van der Waals surface area contributed by atoms with Gasteiger partial charge in [-0.3, -0.25) is 14.2 Å². The van der Waals surface area contributed by atoms with E-state index in [9.17, 15) is 19.2 Å². The molecule has 0 saturated heterocycles. The van der Waals surface area contributed by atoms with Crippen molar-refractivity contribution in [1.29, 1.82) is 0 Å². The van der Waals surface area contributed by atoms with Crippen molar-refractivity contribution in [2.24, 2.45) is 0 Å². The van der Waals surface area contributed by atoms with E-state index in [1.165, 1.54) is 6.07 Å². The maximum atomic E-state index is 12.5. The lowest BCUT2D eigenvalue weighted by Crippen LogP contribution is -2.31. The van der Waals surface area contributed by atoms with Crippen molar-refractivity contribution in [1.82, 2.24) is 29.4 Å². The van der Waals surface area contributed by atoms with Gasteiger partial charge in [-0.05, 0) is 63.8 Å². The molecule has 4 heterocycles. The number of fused-ring (bicyclic) bond motifs is 2. The van der Waals surface area contributed by atoms with Crippen molar-refractivity contribution >= 4 is 30.2 Å². The molecule has 2 aliphatic rings. The van der Waals surface area contributed by atoms with Gasteiger partial charge in [0, 0.05) is 26.2 Å². The monoisotopic (exact) mass is 710 g/mol. The van der Waals surface area contributed by atoms with Crippen LogP contribution in [0.15, 0.2) is 48.5 Å². The van der Waals surface area contributed by atoms with Crippen molar-refractivity contribution in [3.63, 3.8) is 0 Å². The number of hydrogen-bond donors (Lipinski definition) is 1. The number of amides is 2. The second-order valence-corrected chi connectivity index (χ2v) is 13.1. The number of rotatable bonds is 7. The fourth-order valence-corrected chi connectivity index (χ4v) is 6.36. The van der Waals surface area contributed by atoms with Crippen LogP contribution in [0, 0.1) is 27.7 Å². The van der Waals surface area contributed by atoms with Crippen molar-refractivity contribution < 1.29 is 38.5 Å². The summed E-state index contributed by atoms with van der Waals surface area (Å²) >= 11 is 0. The SMILES string of the molecule is Cc1cc(C)cc(COC(=O)N2CCCn3nc(C(=O)C=[N+]=[N-])cc3C2)c1.Cc1cc(C)cc(COC(=O)N2CCCn3nc(C(=O)O)cc3C2)c1. The maximum absolute atomic E-state index is 12.5. The van der Waals surface area contributed by atoms with Crippen LogP contribution in [0.4, 0.5) is 9.59 Å². The van der Waals surface area contributed by atoms with E-state index in [1.807, 2.05) is 52.0 Å². The molecule has 2 aromatic heterocycles. The van der Waals surface area contributed by atoms with Crippen LogP contribution in [0.25, 0.3) is 5.53 Å². The number of benzene rings is 2. The molecule has 2 aromatic carbocycles. The van der Waals surface area contributed by atoms with Crippen molar-refractivity contribution in [3.8, 4) is 0 Å². The third-order valence-corrected chi connectivity index (χ3v) is 8.48. The predicted molar refractivity (Wildman–Crippen MR) is 188 cm³/mol. The normalized spacial score (nSPS) is 13.6. The van der Waals surface area contributed by atoms with Gasteiger partial charge in [-0.2, -0.15) is 15.0 Å². The molecule has 0 fully saturated rings. The molecule has 52 heavy (non-hydrogen) atoms. The summed E-state index contributed by atoms with van der Waals surface area (Å²) in [6.07, 6.45) is 1.42. The van der Waals surface area contributed by atoms with Crippen LogP contribution in [0.5, 0.6) is 0 Å². The molecule has 0 unspecified atom stereocenters. The van der Waals surface area contributed by atoms with Gasteiger partial charge in [0.15, 0.2) is 5.69 Å². The standard InChI is InChI=1S/C19H21N5O3.C18H21N3O4/c1-13-6-14(2)8-15(7-13)12-27-19(26)23-4-3-5-24-16(11-23)9-17(22-24)18(25)10-21-20;1-12-6-13(2)8-14(7-12)11-25-18(24)20-4-3-5-21-15(10-20)9-16(19-21)17(22)23/h6-10H,3-5,11-12H2,1-2H3;6-9H,3-5,10-11H2,1-2H3,(H,22,23). The Morgan fingerprint density at radius 1 is 0.692 bits per heavy atom. The van der Waals surface area contributed by atoms with Gasteiger partial charge in [0.25, 0.3) is 5.78 Å². The summed E-state index contributed by atoms with van der Waals surface area (Å²) in [6, 6.07) is 15.3. The zero-order valence-corrected chi connectivity index (χ0v) is 29.7.